The summed E-state index contributed by atoms with van der Waals surface area (Å²) in [5.74, 6) is 0. The van der Waals surface area contributed by atoms with Gasteiger partial charge in [0.1, 0.15) is 0 Å². The van der Waals surface area contributed by atoms with E-state index in [0.29, 0.717) is 5.69 Å². The van der Waals surface area contributed by atoms with Crippen LogP contribution in [0.5, 0.6) is 0 Å². The maximum absolute atomic E-state index is 11.7. The lowest BCUT2D eigenvalue weighted by Crippen LogP contribution is -2.40. The maximum atomic E-state index is 11.7. The molecule has 98 valence electrons. The standard InChI is InChI=1S/C11H15N3O4/c1-8(7-15)13(2)11(16)12-9-4-3-5-10(6-9)14(17)18/h3-6,8,15H,7H2,1-2H3,(H,12,16)/t8-/m0/s1. The number of aliphatic hydroxyl groups excluding tert-OH is 1. The van der Waals surface area contributed by atoms with Crippen LogP contribution >= 0.6 is 0 Å². The lowest BCUT2D eigenvalue weighted by molar-refractivity contribution is -0.384. The highest BCUT2D eigenvalue weighted by atomic mass is 16.6. The molecule has 2 amide bonds. The Balaban J connectivity index is 2.76. The lowest BCUT2D eigenvalue weighted by atomic mass is 10.3. The molecule has 0 bridgehead atoms. The minimum Gasteiger partial charge on any atom is -0.394 e. The summed E-state index contributed by atoms with van der Waals surface area (Å²) < 4.78 is 0. The predicted molar refractivity (Wildman–Crippen MR) is 66.4 cm³/mol. The SMILES string of the molecule is C[C@@H](CO)N(C)C(=O)Nc1cccc([N+](=O)[O-])c1. The van der Waals surface area contributed by atoms with Gasteiger partial charge in [0.15, 0.2) is 0 Å². The van der Waals surface area contributed by atoms with E-state index in [9.17, 15) is 14.9 Å². The number of hydrogen-bond donors (Lipinski definition) is 2. The Morgan fingerprint density at radius 2 is 2.28 bits per heavy atom. The summed E-state index contributed by atoms with van der Waals surface area (Å²) in [4.78, 5) is 23.1. The van der Waals surface area contributed by atoms with Crippen molar-refractivity contribution in [3.8, 4) is 0 Å². The molecule has 0 saturated carbocycles. The van der Waals surface area contributed by atoms with Crippen molar-refractivity contribution >= 4 is 17.4 Å². The van der Waals surface area contributed by atoms with E-state index >= 15 is 0 Å². The number of nitro groups is 1. The summed E-state index contributed by atoms with van der Waals surface area (Å²) in [6.45, 7) is 1.53. The molecule has 0 aliphatic rings. The first-order chi connectivity index (χ1) is 8.45. The fourth-order valence-electron chi connectivity index (χ4n) is 1.23. The third-order valence-corrected chi connectivity index (χ3v) is 2.55. The van der Waals surface area contributed by atoms with Gasteiger partial charge in [-0.25, -0.2) is 4.79 Å². The van der Waals surface area contributed by atoms with Crippen LogP contribution in [-0.4, -0.2) is 40.7 Å². The average Bonchev–Trinajstić information content (AvgIpc) is 2.37. The van der Waals surface area contributed by atoms with Crippen LogP contribution < -0.4 is 5.32 Å². The highest BCUT2D eigenvalue weighted by Crippen LogP contribution is 2.17. The van der Waals surface area contributed by atoms with E-state index in [2.05, 4.69) is 5.32 Å². The highest BCUT2D eigenvalue weighted by molar-refractivity contribution is 5.89. The van der Waals surface area contributed by atoms with Gasteiger partial charge in [-0.2, -0.15) is 0 Å². The molecule has 1 rings (SSSR count). The van der Waals surface area contributed by atoms with Crippen molar-refractivity contribution in [2.45, 2.75) is 13.0 Å². The second-order valence-corrected chi connectivity index (χ2v) is 3.88. The third-order valence-electron chi connectivity index (χ3n) is 2.55. The van der Waals surface area contributed by atoms with Crippen LogP contribution in [0.15, 0.2) is 24.3 Å². The lowest BCUT2D eigenvalue weighted by Gasteiger charge is -2.23. The number of hydrogen-bond acceptors (Lipinski definition) is 4. The first-order valence-corrected chi connectivity index (χ1v) is 5.35. The van der Waals surface area contributed by atoms with Crippen LogP contribution in [0.4, 0.5) is 16.2 Å². The molecule has 0 saturated heterocycles. The smallest absolute Gasteiger partial charge is 0.321 e. The van der Waals surface area contributed by atoms with Gasteiger partial charge in [-0.3, -0.25) is 10.1 Å². The number of amides is 2. The number of rotatable bonds is 4. The molecule has 0 aliphatic heterocycles. The van der Waals surface area contributed by atoms with Crippen molar-refractivity contribution in [2.75, 3.05) is 19.0 Å². The van der Waals surface area contributed by atoms with Crippen molar-refractivity contribution in [3.05, 3.63) is 34.4 Å². The zero-order valence-corrected chi connectivity index (χ0v) is 10.2. The molecule has 0 radical (unpaired) electrons. The summed E-state index contributed by atoms with van der Waals surface area (Å²) >= 11 is 0. The minimum absolute atomic E-state index is 0.0920. The van der Waals surface area contributed by atoms with Crippen LogP contribution in [0.2, 0.25) is 0 Å². The number of aliphatic hydroxyl groups is 1. The molecule has 0 fully saturated rings. The van der Waals surface area contributed by atoms with E-state index in [1.165, 1.54) is 30.1 Å². The normalized spacial score (nSPS) is 11.7. The summed E-state index contributed by atoms with van der Waals surface area (Å²) in [5, 5.41) is 22.0. The molecule has 0 unspecified atom stereocenters. The van der Waals surface area contributed by atoms with Crippen LogP contribution in [0.1, 0.15) is 6.92 Å². The molecule has 1 atom stereocenters. The Morgan fingerprint density at radius 3 is 2.83 bits per heavy atom. The van der Waals surface area contributed by atoms with Gasteiger partial charge in [0.2, 0.25) is 0 Å². The number of urea groups is 1. The fraction of sp³-hybridized carbons (Fsp3) is 0.364. The Kier molecular flexibility index (Phi) is 4.61. The Bertz CT molecular complexity index is 450. The molecule has 0 spiro atoms. The number of nitrogens with one attached hydrogen (secondary N) is 1. The van der Waals surface area contributed by atoms with Gasteiger partial charge in [0.25, 0.3) is 5.69 Å². The first-order valence-electron chi connectivity index (χ1n) is 5.35. The Morgan fingerprint density at radius 1 is 1.61 bits per heavy atom. The monoisotopic (exact) mass is 253 g/mol. The van der Waals surface area contributed by atoms with Gasteiger partial charge in [-0.15, -0.1) is 0 Å². The minimum atomic E-state index is -0.532. The molecule has 2 N–H and O–H groups in total. The van der Waals surface area contributed by atoms with Crippen molar-refractivity contribution in [2.24, 2.45) is 0 Å². The van der Waals surface area contributed by atoms with Gasteiger partial charge >= 0.3 is 6.03 Å². The number of non-ortho nitro benzene ring substituents is 1. The summed E-state index contributed by atoms with van der Waals surface area (Å²) in [7, 11) is 1.54. The number of nitrogens with zero attached hydrogens (tertiary/aromatic N) is 2. The van der Waals surface area contributed by atoms with Crippen LogP contribution in [0.25, 0.3) is 0 Å². The number of benzene rings is 1. The van der Waals surface area contributed by atoms with E-state index in [-0.39, 0.29) is 18.3 Å². The fourth-order valence-corrected chi connectivity index (χ4v) is 1.23. The first kappa shape index (κ1) is 13.9. The molecular weight excluding hydrogens is 238 g/mol. The van der Waals surface area contributed by atoms with Crippen molar-refractivity contribution in [1.82, 2.24) is 4.90 Å². The summed E-state index contributed by atoms with van der Waals surface area (Å²) in [6, 6.07) is 4.90. The molecule has 0 aliphatic carbocycles. The number of carbonyl (C=O) groups is 1. The van der Waals surface area contributed by atoms with E-state index in [4.69, 9.17) is 5.11 Å². The molecule has 0 aromatic heterocycles. The zero-order valence-electron chi connectivity index (χ0n) is 10.2. The summed E-state index contributed by atoms with van der Waals surface area (Å²) in [6.07, 6.45) is 0. The second kappa shape index (κ2) is 5.97. The summed E-state index contributed by atoms with van der Waals surface area (Å²) in [5.41, 5.74) is 0.247. The third kappa shape index (κ3) is 3.42. The number of nitro benzene ring substituents is 1. The molecule has 7 heteroatoms. The van der Waals surface area contributed by atoms with Gasteiger partial charge in [0.05, 0.1) is 17.6 Å². The molecule has 1 aromatic carbocycles. The van der Waals surface area contributed by atoms with E-state index in [0.717, 1.165) is 0 Å². The van der Waals surface area contributed by atoms with E-state index in [1.54, 1.807) is 13.0 Å². The van der Waals surface area contributed by atoms with Crippen molar-refractivity contribution in [1.29, 1.82) is 0 Å². The number of anilines is 1. The zero-order chi connectivity index (χ0) is 13.7. The molecule has 7 nitrogen and oxygen atoms in total. The van der Waals surface area contributed by atoms with Crippen molar-refractivity contribution < 1.29 is 14.8 Å². The quantitative estimate of drug-likeness (QED) is 0.626. The van der Waals surface area contributed by atoms with Gasteiger partial charge in [0, 0.05) is 24.9 Å². The maximum Gasteiger partial charge on any atom is 0.321 e. The molecular formula is C11H15N3O4. The van der Waals surface area contributed by atoms with E-state index < -0.39 is 11.0 Å². The molecule has 18 heavy (non-hydrogen) atoms. The van der Waals surface area contributed by atoms with Gasteiger partial charge in [-0.05, 0) is 13.0 Å². The molecule has 0 heterocycles. The van der Waals surface area contributed by atoms with Crippen LogP contribution in [0.3, 0.4) is 0 Å². The topological polar surface area (TPSA) is 95.7 Å². The van der Waals surface area contributed by atoms with Crippen molar-refractivity contribution in [3.63, 3.8) is 0 Å². The van der Waals surface area contributed by atoms with Gasteiger partial charge < -0.3 is 15.3 Å². The number of likely N-dealkylation sites (N-methyl/N-ethyl adjacent to an activating group) is 1. The Hall–Kier alpha value is -2.15. The number of carbonyl (C=O) groups excluding carboxylic acids is 1. The van der Waals surface area contributed by atoms with Gasteiger partial charge in [-0.1, -0.05) is 6.07 Å². The Labute approximate surface area is 104 Å². The highest BCUT2D eigenvalue weighted by Gasteiger charge is 2.15. The second-order valence-electron chi connectivity index (χ2n) is 3.88. The average molecular weight is 253 g/mol. The predicted octanol–water partition coefficient (Wildman–Crippen LogP) is 1.44. The van der Waals surface area contributed by atoms with E-state index in [1.807, 2.05) is 0 Å². The largest absolute Gasteiger partial charge is 0.394 e. The van der Waals surface area contributed by atoms with Crippen LogP contribution in [-0.2, 0) is 0 Å². The van der Waals surface area contributed by atoms with Crippen LogP contribution in [0, 0.1) is 10.1 Å². The molecule has 1 aromatic rings.